The topological polar surface area (TPSA) is 30.5 Å². The second-order valence-electron chi connectivity index (χ2n) is 5.51. The summed E-state index contributed by atoms with van der Waals surface area (Å²) >= 11 is 3.53. The van der Waals surface area contributed by atoms with Crippen molar-refractivity contribution >= 4 is 15.9 Å². The van der Waals surface area contributed by atoms with Crippen LogP contribution in [-0.2, 0) is 4.74 Å². The average molecular weight is 342 g/mol. The second kappa shape index (κ2) is 7.43. The number of benzene rings is 1. The third-order valence-corrected chi connectivity index (χ3v) is 4.30. The van der Waals surface area contributed by atoms with Crippen LogP contribution in [0.15, 0.2) is 22.7 Å². The fraction of sp³-hybridized carbons (Fsp3) is 0.625. The number of methoxy groups -OCH3 is 1. The fourth-order valence-corrected chi connectivity index (χ4v) is 3.04. The van der Waals surface area contributed by atoms with Crippen LogP contribution in [-0.4, -0.2) is 26.4 Å². The maximum atomic E-state index is 6.19. The van der Waals surface area contributed by atoms with Crippen LogP contribution >= 0.6 is 15.9 Å². The molecule has 3 atom stereocenters. The summed E-state index contributed by atoms with van der Waals surface area (Å²) in [5.74, 6) is 1.38. The Bertz CT molecular complexity index is 438. The highest BCUT2D eigenvalue weighted by atomic mass is 79.9. The fourth-order valence-electron chi connectivity index (χ4n) is 2.70. The predicted octanol–water partition coefficient (Wildman–Crippen LogP) is 3.92. The highest BCUT2D eigenvalue weighted by Gasteiger charge is 2.31. The molecular formula is C16H24BrNO2. The molecule has 20 heavy (non-hydrogen) atoms. The predicted molar refractivity (Wildman–Crippen MR) is 85.2 cm³/mol. The highest BCUT2D eigenvalue weighted by Crippen LogP contribution is 2.38. The first-order valence-corrected chi connectivity index (χ1v) is 8.13. The van der Waals surface area contributed by atoms with Crippen LogP contribution in [0.1, 0.15) is 38.3 Å². The lowest BCUT2D eigenvalue weighted by Gasteiger charge is -2.35. The van der Waals surface area contributed by atoms with Crippen LogP contribution in [0.25, 0.3) is 0 Å². The average Bonchev–Trinajstić information content (AvgIpc) is 2.44. The first kappa shape index (κ1) is 15.8. The molecule has 1 aromatic carbocycles. The van der Waals surface area contributed by atoms with Gasteiger partial charge in [-0.25, -0.2) is 0 Å². The molecule has 0 saturated heterocycles. The smallest absolute Gasteiger partial charge is 0.125 e. The van der Waals surface area contributed by atoms with Gasteiger partial charge < -0.3 is 14.8 Å². The van der Waals surface area contributed by atoms with E-state index < -0.39 is 0 Å². The highest BCUT2D eigenvalue weighted by molar-refractivity contribution is 9.10. The van der Waals surface area contributed by atoms with E-state index in [9.17, 15) is 0 Å². The van der Waals surface area contributed by atoms with Crippen LogP contribution in [0.3, 0.4) is 0 Å². The van der Waals surface area contributed by atoms with Crippen molar-refractivity contribution in [2.75, 3.05) is 20.3 Å². The number of halogens is 1. The molecule has 0 spiro atoms. The molecular weight excluding hydrogens is 318 g/mol. The standard InChI is InChI=1S/C16H24BrNO2/c1-4-7-18-14-9-15(11(2)10-19-3)20-16-8-12(17)5-6-13(14)16/h5-6,8,11,14-15,18H,4,7,9-10H2,1-3H3. The Kier molecular flexibility index (Phi) is 5.87. The van der Waals surface area contributed by atoms with Gasteiger partial charge in [0.2, 0.25) is 0 Å². The maximum absolute atomic E-state index is 6.19. The summed E-state index contributed by atoms with van der Waals surface area (Å²) < 4.78 is 12.5. The van der Waals surface area contributed by atoms with Gasteiger partial charge in [-0.05, 0) is 25.1 Å². The SMILES string of the molecule is CCCNC1CC(C(C)COC)Oc2cc(Br)ccc21. The summed E-state index contributed by atoms with van der Waals surface area (Å²) in [6.07, 6.45) is 2.34. The number of hydrogen-bond acceptors (Lipinski definition) is 3. The molecule has 3 unspecified atom stereocenters. The minimum atomic E-state index is 0.200. The van der Waals surface area contributed by atoms with E-state index in [-0.39, 0.29) is 6.10 Å². The summed E-state index contributed by atoms with van der Waals surface area (Å²) in [4.78, 5) is 0. The van der Waals surface area contributed by atoms with Crippen molar-refractivity contribution in [2.24, 2.45) is 5.92 Å². The Morgan fingerprint density at radius 3 is 3.00 bits per heavy atom. The third kappa shape index (κ3) is 3.74. The van der Waals surface area contributed by atoms with Crippen molar-refractivity contribution in [3.63, 3.8) is 0 Å². The second-order valence-corrected chi connectivity index (χ2v) is 6.43. The van der Waals surface area contributed by atoms with E-state index in [1.54, 1.807) is 7.11 Å². The molecule has 0 aliphatic carbocycles. The van der Waals surface area contributed by atoms with Crippen LogP contribution in [0, 0.1) is 5.92 Å². The lowest BCUT2D eigenvalue weighted by Crippen LogP contribution is -2.38. The van der Waals surface area contributed by atoms with Gasteiger partial charge in [-0.1, -0.05) is 35.8 Å². The van der Waals surface area contributed by atoms with Gasteiger partial charge in [-0.15, -0.1) is 0 Å². The van der Waals surface area contributed by atoms with E-state index in [1.165, 1.54) is 5.56 Å². The van der Waals surface area contributed by atoms with E-state index in [4.69, 9.17) is 9.47 Å². The molecule has 3 nitrogen and oxygen atoms in total. The van der Waals surface area contributed by atoms with E-state index in [1.807, 2.05) is 0 Å². The Labute approximate surface area is 130 Å². The maximum Gasteiger partial charge on any atom is 0.125 e. The number of hydrogen-bond donors (Lipinski definition) is 1. The Morgan fingerprint density at radius 1 is 1.50 bits per heavy atom. The zero-order valence-corrected chi connectivity index (χ0v) is 14.1. The molecule has 0 saturated carbocycles. The van der Waals surface area contributed by atoms with Gasteiger partial charge in [-0.2, -0.15) is 0 Å². The van der Waals surface area contributed by atoms with Crippen molar-refractivity contribution < 1.29 is 9.47 Å². The van der Waals surface area contributed by atoms with Crippen molar-refractivity contribution in [3.8, 4) is 5.75 Å². The Hall–Kier alpha value is -0.580. The molecule has 0 radical (unpaired) electrons. The van der Waals surface area contributed by atoms with Crippen LogP contribution in [0.4, 0.5) is 0 Å². The van der Waals surface area contributed by atoms with E-state index >= 15 is 0 Å². The molecule has 1 N–H and O–H groups in total. The zero-order chi connectivity index (χ0) is 14.5. The van der Waals surface area contributed by atoms with Gasteiger partial charge in [0, 0.05) is 35.5 Å². The molecule has 1 heterocycles. The summed E-state index contributed by atoms with van der Waals surface area (Å²) in [6.45, 7) is 6.15. The lowest BCUT2D eigenvalue weighted by molar-refractivity contribution is 0.0500. The zero-order valence-electron chi connectivity index (χ0n) is 12.5. The molecule has 112 valence electrons. The molecule has 1 aliphatic rings. The number of ether oxygens (including phenoxy) is 2. The number of nitrogens with one attached hydrogen (secondary N) is 1. The first-order chi connectivity index (χ1) is 9.65. The van der Waals surface area contributed by atoms with Crippen LogP contribution < -0.4 is 10.1 Å². The molecule has 1 aromatic rings. The van der Waals surface area contributed by atoms with Gasteiger partial charge in [0.25, 0.3) is 0 Å². The normalized spacial score (nSPS) is 23.0. The van der Waals surface area contributed by atoms with Gasteiger partial charge in [-0.3, -0.25) is 0 Å². The van der Waals surface area contributed by atoms with Crippen molar-refractivity contribution in [3.05, 3.63) is 28.2 Å². The Balaban J connectivity index is 2.20. The van der Waals surface area contributed by atoms with Crippen molar-refractivity contribution in [2.45, 2.75) is 38.8 Å². The summed E-state index contributed by atoms with van der Waals surface area (Å²) in [5.41, 5.74) is 1.27. The molecule has 0 fully saturated rings. The summed E-state index contributed by atoms with van der Waals surface area (Å²) in [5, 5.41) is 3.64. The summed E-state index contributed by atoms with van der Waals surface area (Å²) in [6, 6.07) is 6.68. The molecule has 0 aromatic heterocycles. The number of rotatable bonds is 6. The minimum Gasteiger partial charge on any atom is -0.490 e. The van der Waals surface area contributed by atoms with Gasteiger partial charge in [0.15, 0.2) is 0 Å². The largest absolute Gasteiger partial charge is 0.490 e. The number of fused-ring (bicyclic) bond motifs is 1. The van der Waals surface area contributed by atoms with E-state index in [0.29, 0.717) is 12.0 Å². The quantitative estimate of drug-likeness (QED) is 0.850. The molecule has 1 aliphatic heterocycles. The van der Waals surface area contributed by atoms with Crippen molar-refractivity contribution in [1.82, 2.24) is 5.32 Å². The van der Waals surface area contributed by atoms with Crippen LogP contribution in [0.5, 0.6) is 5.75 Å². The monoisotopic (exact) mass is 341 g/mol. The minimum absolute atomic E-state index is 0.200. The molecule has 4 heteroatoms. The molecule has 0 amide bonds. The van der Waals surface area contributed by atoms with Gasteiger partial charge in [0.05, 0.1) is 6.61 Å². The van der Waals surface area contributed by atoms with E-state index in [2.05, 4.69) is 53.3 Å². The first-order valence-electron chi connectivity index (χ1n) is 7.34. The molecule has 0 bridgehead atoms. The van der Waals surface area contributed by atoms with Crippen molar-refractivity contribution in [1.29, 1.82) is 0 Å². The lowest BCUT2D eigenvalue weighted by atomic mass is 9.91. The molecule has 2 rings (SSSR count). The van der Waals surface area contributed by atoms with Gasteiger partial charge >= 0.3 is 0 Å². The summed E-state index contributed by atoms with van der Waals surface area (Å²) in [7, 11) is 1.75. The third-order valence-electron chi connectivity index (χ3n) is 3.80. The van der Waals surface area contributed by atoms with Gasteiger partial charge in [0.1, 0.15) is 11.9 Å². The van der Waals surface area contributed by atoms with Crippen LogP contribution in [0.2, 0.25) is 0 Å². The Morgan fingerprint density at radius 2 is 2.30 bits per heavy atom. The van der Waals surface area contributed by atoms with E-state index in [0.717, 1.165) is 36.2 Å².